The second kappa shape index (κ2) is 13.5. The first kappa shape index (κ1) is 20.9. The van der Waals surface area contributed by atoms with Gasteiger partial charge in [-0.2, -0.15) is 0 Å². The smallest absolute Gasteiger partial charge is 0.320 e. The van der Waals surface area contributed by atoms with E-state index in [0.29, 0.717) is 12.8 Å². The van der Waals surface area contributed by atoms with Crippen molar-refractivity contribution in [2.75, 3.05) is 13.1 Å². The Labute approximate surface area is 133 Å². The highest BCUT2D eigenvalue weighted by molar-refractivity contribution is 5.73. The van der Waals surface area contributed by atoms with Crippen molar-refractivity contribution in [1.29, 1.82) is 0 Å². The molecule has 1 unspecified atom stereocenters. The third-order valence-electron chi connectivity index (χ3n) is 3.64. The Morgan fingerprint density at radius 1 is 0.773 bits per heavy atom. The molecule has 0 aromatic heterocycles. The van der Waals surface area contributed by atoms with E-state index in [9.17, 15) is 9.59 Å². The van der Waals surface area contributed by atoms with E-state index in [1.807, 2.05) is 13.8 Å². The van der Waals surface area contributed by atoms with Crippen LogP contribution in [0.1, 0.15) is 65.2 Å². The minimum atomic E-state index is -0.776. The molecule has 0 aromatic carbocycles. The second-order valence-electron chi connectivity index (χ2n) is 5.68. The summed E-state index contributed by atoms with van der Waals surface area (Å²) in [6, 6.07) is -0.867. The van der Waals surface area contributed by atoms with E-state index >= 15 is 0 Å². The van der Waals surface area contributed by atoms with E-state index in [4.69, 9.17) is 10.2 Å². The maximum Gasteiger partial charge on any atom is 0.320 e. The number of hydrogen-bond donors (Lipinski definition) is 4. The van der Waals surface area contributed by atoms with Gasteiger partial charge >= 0.3 is 11.9 Å². The summed E-state index contributed by atoms with van der Waals surface area (Å²) in [5.41, 5.74) is 0. The third kappa shape index (κ3) is 10.6. The molecular weight excluding hydrogens is 284 g/mol. The number of nitrogens with one attached hydrogen (secondary N) is 2. The number of carboxylic acids is 2. The summed E-state index contributed by atoms with van der Waals surface area (Å²) in [6.45, 7) is 5.40. The molecule has 0 aliphatic heterocycles. The maximum atomic E-state index is 10.9. The molecule has 0 spiro atoms. The molecule has 0 aliphatic carbocycles. The van der Waals surface area contributed by atoms with Crippen LogP contribution in [0.2, 0.25) is 0 Å². The minimum Gasteiger partial charge on any atom is -0.480 e. The average molecular weight is 316 g/mol. The Balaban J connectivity index is 3.57. The molecule has 22 heavy (non-hydrogen) atoms. The highest BCUT2D eigenvalue weighted by atomic mass is 16.4. The van der Waals surface area contributed by atoms with Gasteiger partial charge in [-0.3, -0.25) is 9.59 Å². The summed E-state index contributed by atoms with van der Waals surface area (Å²) in [5, 5.41) is 24.1. The lowest BCUT2D eigenvalue weighted by atomic mass is 10.1. The average Bonchev–Trinajstić information content (AvgIpc) is 2.47. The van der Waals surface area contributed by atoms with Gasteiger partial charge in [-0.25, -0.2) is 0 Å². The van der Waals surface area contributed by atoms with E-state index in [1.165, 1.54) is 0 Å². The van der Waals surface area contributed by atoms with E-state index in [-0.39, 0.29) is 0 Å². The van der Waals surface area contributed by atoms with Gasteiger partial charge in [0.15, 0.2) is 0 Å². The molecule has 4 N–H and O–H groups in total. The maximum absolute atomic E-state index is 10.9. The van der Waals surface area contributed by atoms with Crippen LogP contribution in [-0.2, 0) is 9.59 Å². The molecule has 0 aliphatic rings. The fourth-order valence-electron chi connectivity index (χ4n) is 2.36. The fraction of sp³-hybridized carbons (Fsp3) is 0.875. The summed E-state index contributed by atoms with van der Waals surface area (Å²) in [4.78, 5) is 21.9. The minimum absolute atomic E-state index is 0.433. The zero-order valence-corrected chi connectivity index (χ0v) is 13.9. The van der Waals surface area contributed by atoms with Gasteiger partial charge in [0.1, 0.15) is 12.1 Å². The second-order valence-corrected chi connectivity index (χ2v) is 5.68. The van der Waals surface area contributed by atoms with Crippen LogP contribution >= 0.6 is 0 Å². The predicted octanol–water partition coefficient (Wildman–Crippen LogP) is 2.23. The van der Waals surface area contributed by atoms with Crippen molar-refractivity contribution < 1.29 is 19.8 Å². The van der Waals surface area contributed by atoms with Gasteiger partial charge < -0.3 is 20.8 Å². The molecule has 0 aromatic rings. The summed E-state index contributed by atoms with van der Waals surface area (Å²) < 4.78 is 0. The Bertz CT molecular complexity index is 281. The molecule has 0 amide bonds. The van der Waals surface area contributed by atoms with Crippen LogP contribution in [0.25, 0.3) is 0 Å². The Morgan fingerprint density at radius 3 is 1.41 bits per heavy atom. The van der Waals surface area contributed by atoms with Gasteiger partial charge in [0.25, 0.3) is 0 Å². The number of rotatable bonds is 15. The van der Waals surface area contributed by atoms with Gasteiger partial charge in [-0.1, -0.05) is 39.5 Å². The molecule has 0 radical (unpaired) electrons. The van der Waals surface area contributed by atoms with Crippen molar-refractivity contribution >= 4 is 11.9 Å². The van der Waals surface area contributed by atoms with Gasteiger partial charge in [0, 0.05) is 0 Å². The number of hydrogen-bond acceptors (Lipinski definition) is 4. The van der Waals surface area contributed by atoms with Crippen LogP contribution in [0.4, 0.5) is 0 Å². The van der Waals surface area contributed by atoms with Crippen LogP contribution in [0.5, 0.6) is 0 Å². The topological polar surface area (TPSA) is 98.7 Å². The lowest BCUT2D eigenvalue weighted by Gasteiger charge is -2.14. The summed E-state index contributed by atoms with van der Waals surface area (Å²) in [6.07, 6.45) is 6.99. The zero-order chi connectivity index (χ0) is 16.8. The first-order valence-electron chi connectivity index (χ1n) is 8.45. The quantitative estimate of drug-likeness (QED) is 0.346. The molecule has 0 heterocycles. The van der Waals surface area contributed by atoms with Gasteiger partial charge in [-0.05, 0) is 38.8 Å². The third-order valence-corrected chi connectivity index (χ3v) is 3.64. The zero-order valence-electron chi connectivity index (χ0n) is 13.9. The number of carboxylic acid groups (broad SMARTS) is 2. The lowest BCUT2D eigenvalue weighted by molar-refractivity contribution is -0.140. The fourth-order valence-corrected chi connectivity index (χ4v) is 2.36. The van der Waals surface area contributed by atoms with E-state index in [0.717, 1.165) is 51.6 Å². The van der Waals surface area contributed by atoms with Crippen molar-refractivity contribution in [3.63, 3.8) is 0 Å². The highest BCUT2D eigenvalue weighted by Crippen LogP contribution is 2.02. The van der Waals surface area contributed by atoms with Crippen molar-refractivity contribution in [3.05, 3.63) is 0 Å². The van der Waals surface area contributed by atoms with Crippen LogP contribution < -0.4 is 10.6 Å². The molecule has 0 bridgehead atoms. The SMILES string of the molecule is CCCC(NCCCCCCN[C@@H](CCC)C(=O)O)C(=O)O. The Kier molecular flexibility index (Phi) is 12.8. The largest absolute Gasteiger partial charge is 0.480 e. The lowest BCUT2D eigenvalue weighted by Crippen LogP contribution is -2.37. The molecule has 0 fully saturated rings. The van der Waals surface area contributed by atoms with Crippen molar-refractivity contribution in [3.8, 4) is 0 Å². The van der Waals surface area contributed by atoms with Crippen LogP contribution in [-0.4, -0.2) is 47.3 Å². The summed E-state index contributed by atoms with van der Waals surface area (Å²) in [7, 11) is 0. The molecular formula is C16H32N2O4. The van der Waals surface area contributed by atoms with Crippen LogP contribution in [0.3, 0.4) is 0 Å². The van der Waals surface area contributed by atoms with Crippen LogP contribution in [0.15, 0.2) is 0 Å². The molecule has 6 heteroatoms. The number of aliphatic carboxylic acids is 2. The van der Waals surface area contributed by atoms with Crippen molar-refractivity contribution in [2.24, 2.45) is 0 Å². The molecule has 0 saturated carbocycles. The highest BCUT2D eigenvalue weighted by Gasteiger charge is 2.15. The molecule has 130 valence electrons. The number of unbranched alkanes of at least 4 members (excludes halogenated alkanes) is 3. The van der Waals surface area contributed by atoms with Gasteiger partial charge in [-0.15, -0.1) is 0 Å². The predicted molar refractivity (Wildman–Crippen MR) is 87.1 cm³/mol. The molecule has 0 saturated heterocycles. The molecule has 6 nitrogen and oxygen atoms in total. The van der Waals surface area contributed by atoms with Crippen molar-refractivity contribution in [1.82, 2.24) is 10.6 Å². The van der Waals surface area contributed by atoms with E-state index in [2.05, 4.69) is 10.6 Å². The van der Waals surface area contributed by atoms with Crippen LogP contribution in [0, 0.1) is 0 Å². The van der Waals surface area contributed by atoms with Gasteiger partial charge in [0.2, 0.25) is 0 Å². The van der Waals surface area contributed by atoms with E-state index < -0.39 is 24.0 Å². The normalized spacial score (nSPS) is 13.7. The van der Waals surface area contributed by atoms with Crippen molar-refractivity contribution in [2.45, 2.75) is 77.3 Å². The molecule has 2 atom stereocenters. The first-order valence-corrected chi connectivity index (χ1v) is 8.45. The summed E-state index contributed by atoms with van der Waals surface area (Å²) >= 11 is 0. The standard InChI is InChI=1S/C16H32N2O4/c1-3-9-13(15(19)20)17-11-7-5-6-8-12-18-14(10-4-2)16(21)22/h13-14,17-18H,3-12H2,1-2H3,(H,19,20)(H,21,22)/t13-,14?/m0/s1. The monoisotopic (exact) mass is 316 g/mol. The van der Waals surface area contributed by atoms with Gasteiger partial charge in [0.05, 0.1) is 0 Å². The van der Waals surface area contributed by atoms with E-state index in [1.54, 1.807) is 0 Å². The Morgan fingerprint density at radius 2 is 1.14 bits per heavy atom. The Hall–Kier alpha value is -1.14. The number of carbonyl (C=O) groups is 2. The first-order chi connectivity index (χ1) is 10.5. The summed E-state index contributed by atoms with van der Waals surface area (Å²) in [5.74, 6) is -1.55. The molecule has 0 rings (SSSR count).